The summed E-state index contributed by atoms with van der Waals surface area (Å²) in [5, 5.41) is 1.19. The summed E-state index contributed by atoms with van der Waals surface area (Å²) >= 11 is 0. The lowest BCUT2D eigenvalue weighted by atomic mass is 9.92. The molecule has 0 fully saturated rings. The minimum absolute atomic E-state index is 0.105. The van der Waals surface area contributed by atoms with Crippen molar-refractivity contribution in [3.63, 3.8) is 0 Å². The minimum atomic E-state index is -0.302. The van der Waals surface area contributed by atoms with Gasteiger partial charge in [-0.15, -0.1) is 0 Å². The van der Waals surface area contributed by atoms with Gasteiger partial charge in [0.05, 0.1) is 6.04 Å². The first-order valence-electron chi connectivity index (χ1n) is 10.9. The van der Waals surface area contributed by atoms with Crippen molar-refractivity contribution in [3.05, 3.63) is 101 Å². The molecule has 1 unspecified atom stereocenters. The third-order valence-corrected chi connectivity index (χ3v) is 6.32. The van der Waals surface area contributed by atoms with Crippen LogP contribution in [0.5, 0.6) is 11.5 Å². The smallest absolute Gasteiger partial charge is 0.247 e. The van der Waals surface area contributed by atoms with Crippen molar-refractivity contribution in [2.75, 3.05) is 13.3 Å². The zero-order chi connectivity index (χ0) is 22.4. The molecule has 1 aromatic heterocycles. The molecule has 0 bridgehead atoms. The monoisotopic (exact) mass is 440 g/mol. The van der Waals surface area contributed by atoms with Crippen LogP contribution in [0.15, 0.2) is 72.8 Å². The van der Waals surface area contributed by atoms with Crippen molar-refractivity contribution in [1.29, 1.82) is 0 Å². The van der Waals surface area contributed by atoms with E-state index in [-0.39, 0.29) is 24.6 Å². The van der Waals surface area contributed by atoms with Gasteiger partial charge in [0.1, 0.15) is 5.82 Å². The number of amides is 1. The van der Waals surface area contributed by atoms with Gasteiger partial charge in [-0.05, 0) is 59.5 Å². The molecule has 6 rings (SSSR count). The Labute approximate surface area is 190 Å². The molecular formula is C27H21FN2O3. The number of rotatable bonds is 3. The average molecular weight is 440 g/mol. The standard InChI is InChI=1S/C27H21FN2O3/c28-19-9-5-17(6-10-19)7-12-25(31)30-14-13-21-20-3-1-2-4-22(20)29-26(21)27(30)18-8-11-23-24(15-18)33-16-32-23/h1-12,15,27,29H,13-14,16H2. The number of H-pyrrole nitrogens is 1. The van der Waals surface area contributed by atoms with E-state index in [9.17, 15) is 9.18 Å². The Kier molecular flexibility index (Phi) is 4.64. The van der Waals surface area contributed by atoms with E-state index < -0.39 is 0 Å². The van der Waals surface area contributed by atoms with E-state index in [1.54, 1.807) is 24.3 Å². The fraction of sp³-hybridized carbons (Fsp3) is 0.148. The summed E-state index contributed by atoms with van der Waals surface area (Å²) in [6.45, 7) is 0.782. The fourth-order valence-corrected chi connectivity index (χ4v) is 4.75. The maximum atomic E-state index is 13.4. The summed E-state index contributed by atoms with van der Waals surface area (Å²) < 4.78 is 24.3. The molecule has 1 amide bonds. The Morgan fingerprint density at radius 1 is 1.03 bits per heavy atom. The summed E-state index contributed by atoms with van der Waals surface area (Å²) in [4.78, 5) is 18.8. The van der Waals surface area contributed by atoms with E-state index in [0.29, 0.717) is 18.0 Å². The molecule has 0 aliphatic carbocycles. The van der Waals surface area contributed by atoms with Crippen molar-refractivity contribution in [2.24, 2.45) is 0 Å². The predicted molar refractivity (Wildman–Crippen MR) is 124 cm³/mol. The summed E-state index contributed by atoms with van der Waals surface area (Å²) in [5.41, 5.74) is 5.04. The Morgan fingerprint density at radius 2 is 1.85 bits per heavy atom. The Balaban J connectivity index is 1.42. The summed E-state index contributed by atoms with van der Waals surface area (Å²) in [6.07, 6.45) is 4.04. The van der Waals surface area contributed by atoms with Gasteiger partial charge < -0.3 is 19.4 Å². The fourth-order valence-electron chi connectivity index (χ4n) is 4.75. The zero-order valence-electron chi connectivity index (χ0n) is 17.8. The summed E-state index contributed by atoms with van der Waals surface area (Å²) in [7, 11) is 0. The van der Waals surface area contributed by atoms with Crippen molar-refractivity contribution in [1.82, 2.24) is 9.88 Å². The van der Waals surface area contributed by atoms with E-state index in [1.165, 1.54) is 23.1 Å². The number of fused-ring (bicyclic) bond motifs is 4. The number of aromatic amines is 1. The molecule has 0 radical (unpaired) electrons. The summed E-state index contributed by atoms with van der Waals surface area (Å²) in [5.74, 6) is 0.987. The van der Waals surface area contributed by atoms with Crippen LogP contribution < -0.4 is 9.47 Å². The number of aromatic nitrogens is 1. The molecule has 164 valence electrons. The highest BCUT2D eigenvalue weighted by Gasteiger charge is 2.34. The first-order chi connectivity index (χ1) is 16.2. The van der Waals surface area contributed by atoms with E-state index in [2.05, 4.69) is 17.1 Å². The number of nitrogens with one attached hydrogen (secondary N) is 1. The molecule has 5 nitrogen and oxygen atoms in total. The molecule has 6 heteroatoms. The van der Waals surface area contributed by atoms with Crippen molar-refractivity contribution < 1.29 is 18.7 Å². The second-order valence-corrected chi connectivity index (χ2v) is 8.24. The first-order valence-corrected chi connectivity index (χ1v) is 10.9. The summed E-state index contributed by atoms with van der Waals surface area (Å²) in [6, 6.07) is 19.9. The van der Waals surface area contributed by atoms with Crippen molar-refractivity contribution >= 4 is 22.9 Å². The molecule has 0 saturated heterocycles. The van der Waals surface area contributed by atoms with Crippen LogP contribution in [0.2, 0.25) is 0 Å². The van der Waals surface area contributed by atoms with Crippen LogP contribution in [0.1, 0.15) is 28.4 Å². The van der Waals surface area contributed by atoms with E-state index >= 15 is 0 Å². The van der Waals surface area contributed by atoms with Crippen LogP contribution in [0.3, 0.4) is 0 Å². The highest BCUT2D eigenvalue weighted by Crippen LogP contribution is 2.42. The van der Waals surface area contributed by atoms with Gasteiger partial charge in [0.25, 0.3) is 0 Å². The molecule has 3 aromatic carbocycles. The molecule has 2 aliphatic rings. The molecular weight excluding hydrogens is 419 g/mol. The quantitative estimate of drug-likeness (QED) is 0.444. The van der Waals surface area contributed by atoms with E-state index in [0.717, 1.165) is 28.8 Å². The van der Waals surface area contributed by atoms with Crippen LogP contribution in [-0.2, 0) is 11.2 Å². The number of hydrogen-bond acceptors (Lipinski definition) is 3. The number of halogens is 1. The highest BCUT2D eigenvalue weighted by molar-refractivity contribution is 5.93. The van der Waals surface area contributed by atoms with Crippen LogP contribution in [-0.4, -0.2) is 29.1 Å². The van der Waals surface area contributed by atoms with Crippen molar-refractivity contribution in [3.8, 4) is 11.5 Å². The second-order valence-electron chi connectivity index (χ2n) is 8.24. The van der Waals surface area contributed by atoms with Crippen LogP contribution in [0, 0.1) is 5.82 Å². The molecule has 1 N–H and O–H groups in total. The van der Waals surface area contributed by atoms with Crippen molar-refractivity contribution in [2.45, 2.75) is 12.5 Å². The molecule has 4 aromatic rings. The van der Waals surface area contributed by atoms with Crippen LogP contribution in [0.25, 0.3) is 17.0 Å². The maximum Gasteiger partial charge on any atom is 0.247 e. The van der Waals surface area contributed by atoms with E-state index in [1.807, 2.05) is 35.2 Å². The lowest BCUT2D eigenvalue weighted by Gasteiger charge is -2.35. The Morgan fingerprint density at radius 3 is 2.73 bits per heavy atom. The van der Waals surface area contributed by atoms with E-state index in [4.69, 9.17) is 9.47 Å². The van der Waals surface area contributed by atoms with Gasteiger partial charge in [-0.25, -0.2) is 4.39 Å². The normalized spacial score (nSPS) is 17.0. The average Bonchev–Trinajstić information content (AvgIpc) is 3.46. The minimum Gasteiger partial charge on any atom is -0.454 e. The number of benzene rings is 3. The van der Waals surface area contributed by atoms with Gasteiger partial charge >= 0.3 is 0 Å². The topological polar surface area (TPSA) is 54.6 Å². The van der Waals surface area contributed by atoms with Gasteiger partial charge in [-0.1, -0.05) is 36.4 Å². The third-order valence-electron chi connectivity index (χ3n) is 6.32. The number of carbonyl (C=O) groups excluding carboxylic acids is 1. The molecule has 3 heterocycles. The Bertz CT molecular complexity index is 1390. The van der Waals surface area contributed by atoms with Gasteiger partial charge in [0, 0.05) is 29.2 Å². The predicted octanol–water partition coefficient (Wildman–Crippen LogP) is 5.22. The third kappa shape index (κ3) is 3.44. The first kappa shape index (κ1) is 19.6. The largest absolute Gasteiger partial charge is 0.454 e. The number of nitrogens with zero attached hydrogens (tertiary/aromatic N) is 1. The van der Waals surface area contributed by atoms with Gasteiger partial charge in [-0.3, -0.25) is 4.79 Å². The van der Waals surface area contributed by atoms with Gasteiger partial charge in [-0.2, -0.15) is 0 Å². The molecule has 1 atom stereocenters. The SMILES string of the molecule is O=C(C=Cc1ccc(F)cc1)N1CCc2c([nH]c3ccccc23)C1c1ccc2c(c1)OCO2. The van der Waals surface area contributed by atoms with Gasteiger partial charge in [0.15, 0.2) is 11.5 Å². The molecule has 0 spiro atoms. The Hall–Kier alpha value is -4.06. The number of hydrogen-bond donors (Lipinski definition) is 1. The zero-order valence-corrected chi connectivity index (χ0v) is 17.8. The number of ether oxygens (including phenoxy) is 2. The molecule has 2 aliphatic heterocycles. The molecule has 33 heavy (non-hydrogen) atoms. The van der Waals surface area contributed by atoms with Crippen LogP contribution >= 0.6 is 0 Å². The lowest BCUT2D eigenvalue weighted by molar-refractivity contribution is -0.128. The second kappa shape index (κ2) is 7.81. The highest BCUT2D eigenvalue weighted by atomic mass is 19.1. The van der Waals surface area contributed by atoms with Gasteiger partial charge in [0.2, 0.25) is 12.7 Å². The maximum absolute atomic E-state index is 13.4. The number of carbonyl (C=O) groups is 1. The number of para-hydroxylation sites is 1. The van der Waals surface area contributed by atoms with Crippen LogP contribution in [0.4, 0.5) is 4.39 Å². The molecule has 0 saturated carbocycles. The lowest BCUT2D eigenvalue weighted by Crippen LogP contribution is -2.39.